The Morgan fingerprint density at radius 1 is 1.18 bits per heavy atom. The molecule has 17 heavy (non-hydrogen) atoms. The first-order valence-corrected chi connectivity index (χ1v) is 6.56. The molecule has 1 unspecified atom stereocenters. The largest absolute Gasteiger partial charge is 0.323 e. The lowest BCUT2D eigenvalue weighted by Gasteiger charge is -2.00. The summed E-state index contributed by atoms with van der Waals surface area (Å²) in [6.45, 7) is 8.10. The van der Waals surface area contributed by atoms with E-state index in [-0.39, 0.29) is 0 Å². The van der Waals surface area contributed by atoms with Gasteiger partial charge in [0.25, 0.3) is 0 Å². The van der Waals surface area contributed by atoms with Gasteiger partial charge in [0, 0.05) is 11.3 Å². The van der Waals surface area contributed by atoms with Crippen molar-refractivity contribution in [3.8, 4) is 0 Å². The minimum absolute atomic E-state index is 0.654. The summed E-state index contributed by atoms with van der Waals surface area (Å²) in [7, 11) is 3.75. The molecule has 1 aliphatic rings. The topological polar surface area (TPSA) is 37.8 Å². The fourth-order valence-electron chi connectivity index (χ4n) is 1.74. The second kappa shape index (κ2) is 8.43. The van der Waals surface area contributed by atoms with Crippen LogP contribution in [0.3, 0.4) is 0 Å². The molecule has 3 nitrogen and oxygen atoms in total. The van der Waals surface area contributed by atoms with Gasteiger partial charge in [-0.25, -0.2) is 9.97 Å². The van der Waals surface area contributed by atoms with E-state index in [0.29, 0.717) is 11.1 Å². The molecule has 0 radical (unpaired) electrons. The summed E-state index contributed by atoms with van der Waals surface area (Å²) in [6, 6.07) is 0. The van der Waals surface area contributed by atoms with Crippen LogP contribution >= 0.6 is 11.6 Å². The van der Waals surface area contributed by atoms with Crippen LogP contribution in [0.1, 0.15) is 37.9 Å². The SMILES string of the molecule is CC.CNC.Cc1nc(Cl)c2c(n1)CC(C)C2. The minimum Gasteiger partial charge on any atom is -0.323 e. The van der Waals surface area contributed by atoms with Gasteiger partial charge in [0.05, 0.1) is 0 Å². The lowest BCUT2D eigenvalue weighted by molar-refractivity contribution is 0.623. The number of fused-ring (bicyclic) bond motifs is 1. The Balaban J connectivity index is 0.000000450. The Labute approximate surface area is 110 Å². The van der Waals surface area contributed by atoms with Crippen molar-refractivity contribution >= 4 is 11.6 Å². The summed E-state index contributed by atoms with van der Waals surface area (Å²) in [6.07, 6.45) is 2.09. The van der Waals surface area contributed by atoms with Crippen LogP contribution in [-0.4, -0.2) is 24.1 Å². The first-order chi connectivity index (χ1) is 8.08. The van der Waals surface area contributed by atoms with Gasteiger partial charge in [-0.05, 0) is 39.8 Å². The van der Waals surface area contributed by atoms with E-state index >= 15 is 0 Å². The highest BCUT2D eigenvalue weighted by molar-refractivity contribution is 6.30. The molecular formula is C13H24ClN3. The van der Waals surface area contributed by atoms with Gasteiger partial charge in [-0.1, -0.05) is 32.4 Å². The summed E-state index contributed by atoms with van der Waals surface area (Å²) in [4.78, 5) is 8.50. The molecule has 0 fully saturated rings. The van der Waals surface area contributed by atoms with E-state index in [1.807, 2.05) is 34.9 Å². The number of hydrogen-bond acceptors (Lipinski definition) is 3. The van der Waals surface area contributed by atoms with Gasteiger partial charge in [0.15, 0.2) is 0 Å². The number of halogens is 1. The first-order valence-electron chi connectivity index (χ1n) is 6.18. The average Bonchev–Trinajstić information content (AvgIpc) is 2.63. The molecule has 98 valence electrons. The molecule has 1 N–H and O–H groups in total. The molecule has 1 aliphatic carbocycles. The Morgan fingerprint density at radius 2 is 1.71 bits per heavy atom. The Kier molecular flexibility index (Phi) is 8.09. The maximum atomic E-state index is 5.99. The van der Waals surface area contributed by atoms with E-state index in [9.17, 15) is 0 Å². The summed E-state index contributed by atoms with van der Waals surface area (Å²) < 4.78 is 0. The molecule has 2 rings (SSSR count). The van der Waals surface area contributed by atoms with E-state index in [1.54, 1.807) is 0 Å². The van der Waals surface area contributed by atoms with Crippen molar-refractivity contribution in [1.82, 2.24) is 15.3 Å². The van der Waals surface area contributed by atoms with Crippen molar-refractivity contribution in [2.45, 2.75) is 40.5 Å². The van der Waals surface area contributed by atoms with E-state index in [0.717, 1.165) is 29.9 Å². The normalized spacial score (nSPS) is 16.3. The molecule has 0 spiro atoms. The van der Waals surface area contributed by atoms with Crippen LogP contribution in [0.4, 0.5) is 0 Å². The zero-order chi connectivity index (χ0) is 13.4. The molecule has 0 amide bonds. The number of nitrogens with one attached hydrogen (secondary N) is 1. The van der Waals surface area contributed by atoms with Crippen LogP contribution in [0, 0.1) is 12.8 Å². The van der Waals surface area contributed by atoms with Crippen molar-refractivity contribution in [3.63, 3.8) is 0 Å². The molecule has 0 bridgehead atoms. The fraction of sp³-hybridized carbons (Fsp3) is 0.692. The molecular weight excluding hydrogens is 234 g/mol. The third-order valence-corrected chi connectivity index (χ3v) is 2.56. The quantitative estimate of drug-likeness (QED) is 0.726. The van der Waals surface area contributed by atoms with Crippen LogP contribution < -0.4 is 5.32 Å². The predicted molar refractivity (Wildman–Crippen MR) is 74.7 cm³/mol. The summed E-state index contributed by atoms with van der Waals surface area (Å²) >= 11 is 5.99. The number of aryl methyl sites for hydroxylation is 1. The third-order valence-electron chi connectivity index (χ3n) is 2.25. The highest BCUT2D eigenvalue weighted by Gasteiger charge is 2.22. The Bertz CT molecular complexity index is 340. The van der Waals surface area contributed by atoms with Gasteiger partial charge in [-0.3, -0.25) is 0 Å². The molecule has 0 saturated carbocycles. The van der Waals surface area contributed by atoms with E-state index in [4.69, 9.17) is 11.6 Å². The van der Waals surface area contributed by atoms with Crippen molar-refractivity contribution in [3.05, 3.63) is 22.2 Å². The maximum Gasteiger partial charge on any atom is 0.136 e. The molecule has 1 aromatic heterocycles. The summed E-state index contributed by atoms with van der Waals surface area (Å²) in [5, 5.41) is 3.40. The molecule has 0 saturated heterocycles. The van der Waals surface area contributed by atoms with Crippen molar-refractivity contribution in [1.29, 1.82) is 0 Å². The molecule has 0 aliphatic heterocycles. The second-order valence-corrected chi connectivity index (χ2v) is 4.36. The van der Waals surface area contributed by atoms with E-state index in [1.165, 1.54) is 0 Å². The van der Waals surface area contributed by atoms with E-state index < -0.39 is 0 Å². The van der Waals surface area contributed by atoms with Gasteiger partial charge >= 0.3 is 0 Å². The molecule has 4 heteroatoms. The lowest BCUT2D eigenvalue weighted by Crippen LogP contribution is -1.96. The number of aromatic nitrogens is 2. The molecule has 0 aromatic carbocycles. The number of hydrogen-bond donors (Lipinski definition) is 1. The predicted octanol–water partition coefficient (Wildman–Crippen LogP) is 3.03. The van der Waals surface area contributed by atoms with Gasteiger partial charge in [0.1, 0.15) is 11.0 Å². The molecule has 1 heterocycles. The van der Waals surface area contributed by atoms with Crippen molar-refractivity contribution in [2.75, 3.05) is 14.1 Å². The van der Waals surface area contributed by atoms with Crippen LogP contribution in [0.5, 0.6) is 0 Å². The standard InChI is InChI=1S/C9H11ClN2.C2H7N.C2H6/c1-5-3-7-8(4-5)11-6(2)12-9(7)10;1-3-2;1-2/h5H,3-4H2,1-2H3;3H,1-2H3;1-2H3. The maximum absolute atomic E-state index is 5.99. The average molecular weight is 258 g/mol. The smallest absolute Gasteiger partial charge is 0.136 e. The van der Waals surface area contributed by atoms with E-state index in [2.05, 4.69) is 22.2 Å². The minimum atomic E-state index is 0.654. The van der Waals surface area contributed by atoms with Gasteiger partial charge in [0.2, 0.25) is 0 Å². The molecule has 1 aromatic rings. The van der Waals surface area contributed by atoms with Gasteiger partial charge < -0.3 is 5.32 Å². The number of nitrogens with zero attached hydrogens (tertiary/aromatic N) is 2. The van der Waals surface area contributed by atoms with Crippen LogP contribution in [0.25, 0.3) is 0 Å². The highest BCUT2D eigenvalue weighted by atomic mass is 35.5. The summed E-state index contributed by atoms with van der Waals surface area (Å²) in [5.41, 5.74) is 2.31. The van der Waals surface area contributed by atoms with Crippen LogP contribution in [0.15, 0.2) is 0 Å². The lowest BCUT2D eigenvalue weighted by atomic mass is 10.1. The van der Waals surface area contributed by atoms with Crippen molar-refractivity contribution < 1.29 is 0 Å². The zero-order valence-corrected chi connectivity index (χ0v) is 12.5. The van der Waals surface area contributed by atoms with Gasteiger partial charge in [-0.2, -0.15) is 0 Å². The number of rotatable bonds is 0. The van der Waals surface area contributed by atoms with Gasteiger partial charge in [-0.15, -0.1) is 0 Å². The second-order valence-electron chi connectivity index (χ2n) is 4.00. The van der Waals surface area contributed by atoms with Crippen molar-refractivity contribution in [2.24, 2.45) is 5.92 Å². The van der Waals surface area contributed by atoms with Crippen LogP contribution in [-0.2, 0) is 12.8 Å². The monoisotopic (exact) mass is 257 g/mol. The Hall–Kier alpha value is -0.670. The fourth-order valence-corrected chi connectivity index (χ4v) is 2.05. The third kappa shape index (κ3) is 5.00. The summed E-state index contributed by atoms with van der Waals surface area (Å²) in [5.74, 6) is 1.46. The first kappa shape index (κ1) is 16.3. The highest BCUT2D eigenvalue weighted by Crippen LogP contribution is 2.29. The molecule has 1 atom stereocenters. The van der Waals surface area contributed by atoms with Crippen LogP contribution in [0.2, 0.25) is 5.15 Å². The Morgan fingerprint density at radius 3 is 2.24 bits per heavy atom. The zero-order valence-electron chi connectivity index (χ0n) is 11.8.